The number of rotatable bonds is 20. The lowest BCUT2D eigenvalue weighted by atomic mass is 9.85. The van der Waals surface area contributed by atoms with Gasteiger partial charge in [-0.05, 0) is 100 Å². The Labute approximate surface area is 501 Å². The fourth-order valence-corrected chi connectivity index (χ4v) is 15.0. The Morgan fingerprint density at radius 1 is 0.256 bits per heavy atom. The van der Waals surface area contributed by atoms with Crippen LogP contribution in [0.1, 0.15) is 39.5 Å². The zero-order chi connectivity index (χ0) is 60.0. The van der Waals surface area contributed by atoms with Crippen molar-refractivity contribution >= 4 is 59.1 Å². The maximum Gasteiger partial charge on any atom is 0.236 e. The van der Waals surface area contributed by atoms with Crippen molar-refractivity contribution in [2.75, 3.05) is 101 Å². The molecule has 25 nitrogen and oxygen atoms in total. The Bertz CT molecular complexity index is 2250. The van der Waals surface area contributed by atoms with Gasteiger partial charge in [0.15, 0.2) is 0 Å². The maximum atomic E-state index is 12.2. The molecule has 25 heteroatoms. The molecule has 0 aromatic rings. The van der Waals surface area contributed by atoms with Gasteiger partial charge in [-0.15, -0.1) is 0 Å². The van der Waals surface area contributed by atoms with Crippen molar-refractivity contribution in [3.8, 4) is 0 Å². The van der Waals surface area contributed by atoms with Crippen LogP contribution in [0.25, 0.3) is 0 Å². The predicted octanol–water partition coefficient (Wildman–Crippen LogP) is -1.69. The number of ether oxygens (including phenoxy) is 5. The lowest BCUT2D eigenvalue weighted by Gasteiger charge is -2.17. The minimum atomic E-state index is -0.257. The van der Waals surface area contributed by atoms with Crippen molar-refractivity contribution < 1.29 is 71.6 Å². The van der Waals surface area contributed by atoms with E-state index in [0.717, 1.165) is 64.8 Å². The summed E-state index contributed by atoms with van der Waals surface area (Å²) in [5.74, 6) is -3.06. The van der Waals surface area contributed by atoms with E-state index in [1.807, 2.05) is 96.0 Å². The van der Waals surface area contributed by atoms with Gasteiger partial charge in [-0.1, -0.05) is 68.2 Å². The highest BCUT2D eigenvalue weighted by Gasteiger charge is 2.64. The Kier molecular flexibility index (Phi) is 19.6. The largest absolute Gasteiger partial charge is 0.365 e. The van der Waals surface area contributed by atoms with E-state index in [2.05, 4.69) is 26.6 Å². The number of fused-ring (bicyclic) bond motifs is 25. The molecule has 15 aliphatic heterocycles. The first-order valence-electron chi connectivity index (χ1n) is 30.4. The van der Waals surface area contributed by atoms with Gasteiger partial charge in [0.05, 0.1) is 120 Å². The number of amides is 10. The van der Waals surface area contributed by atoms with Crippen molar-refractivity contribution in [1.82, 2.24) is 51.1 Å². The topological polar surface area (TPSA) is 293 Å². The lowest BCUT2D eigenvalue weighted by molar-refractivity contribution is -0.144. The summed E-state index contributed by atoms with van der Waals surface area (Å²) in [4.78, 5) is 129. The quantitative estimate of drug-likeness (QED) is 0.0516. The van der Waals surface area contributed by atoms with Gasteiger partial charge in [-0.3, -0.25) is 72.4 Å². The van der Waals surface area contributed by atoms with Crippen molar-refractivity contribution in [1.29, 1.82) is 0 Å². The van der Waals surface area contributed by atoms with E-state index >= 15 is 0 Å². The van der Waals surface area contributed by atoms with Gasteiger partial charge in [0.2, 0.25) is 59.1 Å². The monoisotopic (exact) mass is 1200 g/mol. The summed E-state index contributed by atoms with van der Waals surface area (Å²) < 4.78 is 27.8. The fourth-order valence-electron chi connectivity index (χ4n) is 15.0. The average molecular weight is 1200 g/mol. The number of likely N-dealkylation sites (tertiary alicyclic amines) is 5. The van der Waals surface area contributed by atoms with Gasteiger partial charge in [0.25, 0.3) is 0 Å². The number of hydrogen-bond donors (Lipinski definition) is 5. The van der Waals surface area contributed by atoms with E-state index in [-0.39, 0.29) is 187 Å². The second-order valence-electron chi connectivity index (χ2n) is 23.9. The summed E-state index contributed by atoms with van der Waals surface area (Å²) in [6.45, 7) is 6.66. The molecule has 0 spiro atoms. The molecule has 20 unspecified atom stereocenters. The molecule has 10 bridgehead atoms. The molecule has 5 N–H and O–H groups in total. The number of carbonyl (C=O) groups excluding carboxylic acids is 10. The minimum absolute atomic E-state index is 0. The smallest absolute Gasteiger partial charge is 0.236 e. The summed E-state index contributed by atoms with van der Waals surface area (Å²) in [5.41, 5.74) is 0. The van der Waals surface area contributed by atoms with Gasteiger partial charge in [-0.25, -0.2) is 0 Å². The van der Waals surface area contributed by atoms with Crippen LogP contribution in [0.3, 0.4) is 0 Å². The number of hydrogen-bond acceptors (Lipinski definition) is 20. The number of nitrogens with one attached hydrogen (secondary N) is 5. The first kappa shape index (κ1) is 63.0. The third-order valence-electron chi connectivity index (χ3n) is 19.1. The second-order valence-corrected chi connectivity index (χ2v) is 23.9. The van der Waals surface area contributed by atoms with Crippen LogP contribution in [0.4, 0.5) is 0 Å². The standard InChI is InChI=1S/5C12H16N2O3.CH4/c5*1-13-5-2-6-14-11(15)9-7-3-4-8(17-7)10(9)12(14)16;/h5*3-4,7-10,13H,2,5-6H2,1H3;1H4. The third kappa shape index (κ3) is 11.1. The van der Waals surface area contributed by atoms with Crippen molar-refractivity contribution in [3.63, 3.8) is 0 Å². The summed E-state index contributed by atoms with van der Waals surface area (Å²) in [7, 11) is 9.31. The highest BCUT2D eigenvalue weighted by molar-refractivity contribution is 6.09. The molecule has 468 valence electrons. The van der Waals surface area contributed by atoms with Crippen molar-refractivity contribution in [3.05, 3.63) is 60.8 Å². The number of nitrogens with zero attached hydrogens (tertiary/aromatic N) is 5. The fraction of sp³-hybridized carbons (Fsp3) is 0.672. The van der Waals surface area contributed by atoms with Gasteiger partial charge in [0, 0.05) is 32.7 Å². The van der Waals surface area contributed by atoms with Gasteiger partial charge < -0.3 is 50.3 Å². The van der Waals surface area contributed by atoms with Gasteiger partial charge in [0.1, 0.15) is 0 Å². The number of carbonyl (C=O) groups is 10. The molecule has 86 heavy (non-hydrogen) atoms. The number of imide groups is 5. The molecule has 20 atom stereocenters. The Balaban J connectivity index is 0.000000119. The summed E-state index contributed by atoms with van der Waals surface area (Å²) >= 11 is 0. The third-order valence-corrected chi connectivity index (χ3v) is 19.1. The second kappa shape index (κ2) is 26.8. The summed E-state index contributed by atoms with van der Waals surface area (Å²) in [6.07, 6.45) is 21.4. The van der Waals surface area contributed by atoms with E-state index < -0.39 is 0 Å². The van der Waals surface area contributed by atoms with Crippen LogP contribution in [-0.2, 0) is 71.6 Å². The molecule has 0 saturated carbocycles. The van der Waals surface area contributed by atoms with Crippen LogP contribution in [0, 0.1) is 59.2 Å². The first-order valence-corrected chi connectivity index (χ1v) is 30.4. The molecule has 10 amide bonds. The zero-order valence-electron chi connectivity index (χ0n) is 48.8. The average Bonchev–Trinajstić information content (AvgIpc) is 1.74. The van der Waals surface area contributed by atoms with Crippen LogP contribution in [0.15, 0.2) is 60.8 Å². The van der Waals surface area contributed by atoms with Crippen LogP contribution in [0.2, 0.25) is 0 Å². The van der Waals surface area contributed by atoms with Crippen LogP contribution < -0.4 is 26.6 Å². The Morgan fingerprint density at radius 2 is 0.372 bits per heavy atom. The predicted molar refractivity (Wildman–Crippen MR) is 307 cm³/mol. The first-order chi connectivity index (χ1) is 41.2. The highest BCUT2D eigenvalue weighted by atomic mass is 16.5. The van der Waals surface area contributed by atoms with E-state index in [0.29, 0.717) is 32.7 Å². The maximum absolute atomic E-state index is 12.2. The van der Waals surface area contributed by atoms with E-state index in [9.17, 15) is 47.9 Å². The molecular weight excluding hydrogens is 1110 g/mol. The van der Waals surface area contributed by atoms with Crippen LogP contribution in [0.5, 0.6) is 0 Å². The Morgan fingerprint density at radius 3 is 0.477 bits per heavy atom. The normalized spacial score (nSPS) is 37.8. The molecule has 15 rings (SSSR count). The molecule has 0 aliphatic carbocycles. The molecule has 0 aromatic carbocycles. The van der Waals surface area contributed by atoms with E-state index in [4.69, 9.17) is 23.7 Å². The van der Waals surface area contributed by atoms with E-state index in [1.54, 1.807) is 0 Å². The zero-order valence-corrected chi connectivity index (χ0v) is 48.8. The molecule has 15 heterocycles. The summed E-state index contributed by atoms with van der Waals surface area (Å²) in [5, 5.41) is 15.1. The van der Waals surface area contributed by atoms with Crippen LogP contribution in [-0.4, -0.2) is 245 Å². The van der Waals surface area contributed by atoms with E-state index in [1.165, 1.54) is 24.5 Å². The Hall–Kier alpha value is -6.00. The summed E-state index contributed by atoms with van der Waals surface area (Å²) in [6, 6.07) is 0. The van der Waals surface area contributed by atoms with Crippen molar-refractivity contribution in [2.24, 2.45) is 59.2 Å². The SMILES string of the molecule is C.CNCCCN1C(=O)C2C3C=CC(O3)C2C1=O.CNCCCN1C(=O)C2C3C=CC(O3)C2C1=O.CNCCCN1C(=O)C2C3C=CC(O3)C2C1=O.CNCCCN1C(=O)C2C3C=CC(O3)C2C1=O.CNCCCN1C(=O)C2C3C=CC(O3)C2C1=O. The molecule has 0 aromatic heterocycles. The molecule has 0 radical (unpaired) electrons. The van der Waals surface area contributed by atoms with Crippen LogP contribution >= 0.6 is 0 Å². The van der Waals surface area contributed by atoms with Gasteiger partial charge >= 0.3 is 0 Å². The lowest BCUT2D eigenvalue weighted by Crippen LogP contribution is -2.36. The van der Waals surface area contributed by atoms with Crippen molar-refractivity contribution in [2.45, 2.75) is 101 Å². The molecule has 10 saturated heterocycles. The molecular formula is C61H84N10O15. The minimum Gasteiger partial charge on any atom is -0.365 e. The molecule has 15 aliphatic rings. The molecule has 10 fully saturated rings. The van der Waals surface area contributed by atoms with Gasteiger partial charge in [-0.2, -0.15) is 0 Å². The highest BCUT2D eigenvalue weighted by Crippen LogP contribution is 2.49.